The third-order valence-corrected chi connectivity index (χ3v) is 6.47. The molecule has 45 heavy (non-hydrogen) atoms. The van der Waals surface area contributed by atoms with Gasteiger partial charge in [0, 0.05) is 36.5 Å². The molecule has 2 aromatic carbocycles. The predicted molar refractivity (Wildman–Crippen MR) is 178 cm³/mol. The topological polar surface area (TPSA) is 158 Å². The predicted octanol–water partition coefficient (Wildman–Crippen LogP) is 5.97. The number of nitrogens with one attached hydrogen (secondary N) is 2. The van der Waals surface area contributed by atoms with Gasteiger partial charge in [0.25, 0.3) is 27.4 Å². The number of amides is 2. The van der Waals surface area contributed by atoms with Crippen LogP contribution in [0.3, 0.4) is 0 Å². The van der Waals surface area contributed by atoms with Gasteiger partial charge in [-0.2, -0.15) is 8.42 Å². The molecule has 0 saturated heterocycles. The largest absolute Gasteiger partial charge is 0.488 e. The van der Waals surface area contributed by atoms with Gasteiger partial charge in [0.15, 0.2) is 0 Å². The highest BCUT2D eigenvalue weighted by molar-refractivity contribution is 7.90. The molecular formula is C31H48FN3O8S2. The lowest BCUT2D eigenvalue weighted by Gasteiger charge is -2.08. The summed E-state index contributed by atoms with van der Waals surface area (Å²) in [6.07, 6.45) is 1.18. The minimum absolute atomic E-state index is 0.112. The Morgan fingerprint density at radius 3 is 1.62 bits per heavy atom. The number of carbonyl (C=O) groups is 2. The lowest BCUT2D eigenvalue weighted by atomic mass is 10.2. The van der Waals surface area contributed by atoms with Crippen LogP contribution in [0.1, 0.15) is 90.0 Å². The van der Waals surface area contributed by atoms with Crippen LogP contribution in [0.5, 0.6) is 5.75 Å². The summed E-state index contributed by atoms with van der Waals surface area (Å²) in [4.78, 5) is 34.7. The van der Waals surface area contributed by atoms with Crippen molar-refractivity contribution < 1.29 is 34.5 Å². The van der Waals surface area contributed by atoms with Crippen LogP contribution < -0.4 is 20.4 Å². The van der Waals surface area contributed by atoms with Crippen molar-refractivity contribution in [3.8, 4) is 5.75 Å². The number of carbonyl (C=O) groups excluding carboxylic acids is 2. The monoisotopic (exact) mass is 673 g/mol. The number of hydrogen-bond donors (Lipinski definition) is 2. The second kappa shape index (κ2) is 25.3. The van der Waals surface area contributed by atoms with Gasteiger partial charge in [0.05, 0.1) is 4.90 Å². The van der Waals surface area contributed by atoms with Crippen molar-refractivity contribution in [1.82, 2.24) is 14.6 Å². The summed E-state index contributed by atoms with van der Waals surface area (Å²) < 4.78 is 62.1. The Bertz CT molecular complexity index is 1540. The standard InChI is InChI=1S/C14H14N2O4S.C9H10FNO4S.4C2H6/c1-2-15-14(18)11-6-5-7-12(10-11)21(19,20)16-9-4-3-8-13(16)17;1-2-11-9(12)7-4-3-5-8(6-7)15-16(10,13)14;4*1-2/h3-10H,2H2,1H3,(H,15,18);3-6H,2H2,1H3,(H,11,12);4*1-2H3. The maximum Gasteiger partial charge on any atom is 0.488 e. The van der Waals surface area contributed by atoms with Gasteiger partial charge in [-0.15, -0.1) is 0 Å². The van der Waals surface area contributed by atoms with E-state index in [9.17, 15) is 35.1 Å². The quantitative estimate of drug-likeness (QED) is 0.277. The first-order chi connectivity index (χ1) is 21.4. The zero-order valence-electron chi connectivity index (χ0n) is 27.8. The number of aromatic nitrogens is 1. The van der Waals surface area contributed by atoms with E-state index in [2.05, 4.69) is 14.8 Å². The van der Waals surface area contributed by atoms with E-state index in [1.165, 1.54) is 60.8 Å². The first kappa shape index (κ1) is 45.4. The molecule has 0 aliphatic heterocycles. The van der Waals surface area contributed by atoms with E-state index in [0.29, 0.717) is 17.1 Å². The molecule has 3 aromatic rings. The first-order valence-electron chi connectivity index (χ1n) is 14.7. The third kappa shape index (κ3) is 17.1. The van der Waals surface area contributed by atoms with Gasteiger partial charge in [-0.3, -0.25) is 14.4 Å². The van der Waals surface area contributed by atoms with Crippen LogP contribution in [-0.2, 0) is 20.5 Å². The maximum absolute atomic E-state index is 12.4. The zero-order chi connectivity index (χ0) is 35.6. The molecule has 3 rings (SSSR count). The van der Waals surface area contributed by atoms with Crippen molar-refractivity contribution in [3.63, 3.8) is 0 Å². The van der Waals surface area contributed by atoms with Gasteiger partial charge < -0.3 is 14.8 Å². The summed E-state index contributed by atoms with van der Waals surface area (Å²) in [5, 5.41) is 5.10. The first-order valence-corrected chi connectivity index (χ1v) is 17.5. The molecule has 0 bridgehead atoms. The van der Waals surface area contributed by atoms with E-state index in [-0.39, 0.29) is 33.6 Å². The second-order valence-electron chi connectivity index (χ2n) is 7.09. The van der Waals surface area contributed by atoms with Gasteiger partial charge in [-0.25, -0.2) is 12.4 Å². The van der Waals surface area contributed by atoms with E-state index >= 15 is 0 Å². The fraction of sp³-hybridized carbons (Fsp3) is 0.387. The van der Waals surface area contributed by atoms with Crippen LogP contribution in [0.15, 0.2) is 82.6 Å². The Hall–Kier alpha value is -4.04. The van der Waals surface area contributed by atoms with Gasteiger partial charge in [0.2, 0.25) is 0 Å². The Balaban J connectivity index is -0.000000656. The molecule has 0 fully saturated rings. The fourth-order valence-corrected chi connectivity index (χ4v) is 4.47. The molecule has 0 saturated carbocycles. The highest BCUT2D eigenvalue weighted by atomic mass is 32.3. The van der Waals surface area contributed by atoms with Crippen molar-refractivity contribution in [1.29, 1.82) is 0 Å². The summed E-state index contributed by atoms with van der Waals surface area (Å²) in [7, 11) is -9.08. The van der Waals surface area contributed by atoms with E-state index in [1.54, 1.807) is 13.8 Å². The number of nitrogens with zero attached hydrogens (tertiary/aromatic N) is 1. The molecule has 2 amide bonds. The van der Waals surface area contributed by atoms with E-state index < -0.39 is 26.1 Å². The number of benzene rings is 2. The summed E-state index contributed by atoms with van der Waals surface area (Å²) >= 11 is 0. The molecule has 254 valence electrons. The van der Waals surface area contributed by atoms with Gasteiger partial charge in [0.1, 0.15) is 5.75 Å². The molecular weight excluding hydrogens is 625 g/mol. The number of rotatable bonds is 8. The molecule has 0 aliphatic rings. The summed E-state index contributed by atoms with van der Waals surface area (Å²) in [6.45, 7) is 20.4. The van der Waals surface area contributed by atoms with Crippen molar-refractivity contribution in [2.75, 3.05) is 13.1 Å². The lowest BCUT2D eigenvalue weighted by molar-refractivity contribution is 0.0947. The second-order valence-corrected chi connectivity index (χ2v) is 9.86. The van der Waals surface area contributed by atoms with Crippen molar-refractivity contribution >= 4 is 32.3 Å². The normalized spacial score (nSPS) is 9.58. The highest BCUT2D eigenvalue weighted by Crippen LogP contribution is 2.16. The lowest BCUT2D eigenvalue weighted by Crippen LogP contribution is -2.27. The highest BCUT2D eigenvalue weighted by Gasteiger charge is 2.19. The smallest absolute Gasteiger partial charge is 0.358 e. The van der Waals surface area contributed by atoms with Gasteiger partial charge in [-0.1, -0.05) is 77.5 Å². The van der Waals surface area contributed by atoms with Crippen LogP contribution in [0, 0.1) is 0 Å². The van der Waals surface area contributed by atoms with Gasteiger partial charge >= 0.3 is 10.5 Å². The fourth-order valence-electron chi connectivity index (χ4n) is 2.85. The Labute approximate surface area is 268 Å². The SMILES string of the molecule is CC.CC.CC.CC.CCNC(=O)c1cccc(OS(=O)(=O)F)c1.CCNC(=O)c1cccc(S(=O)(=O)n2ccccc2=O)c1. The molecule has 1 aromatic heterocycles. The summed E-state index contributed by atoms with van der Waals surface area (Å²) in [5.41, 5.74) is -0.231. The van der Waals surface area contributed by atoms with E-state index in [4.69, 9.17) is 0 Å². The molecule has 0 aliphatic carbocycles. The maximum atomic E-state index is 12.4. The van der Waals surface area contributed by atoms with Crippen LogP contribution in [0.4, 0.5) is 3.89 Å². The van der Waals surface area contributed by atoms with Crippen molar-refractivity contribution in [3.05, 3.63) is 94.4 Å². The molecule has 0 atom stereocenters. The number of halogens is 1. The molecule has 2 N–H and O–H groups in total. The molecule has 0 radical (unpaired) electrons. The molecule has 11 nitrogen and oxygen atoms in total. The third-order valence-electron chi connectivity index (χ3n) is 4.41. The Morgan fingerprint density at radius 1 is 0.711 bits per heavy atom. The van der Waals surface area contributed by atoms with Crippen LogP contribution >= 0.6 is 0 Å². The Kier molecular flexibility index (Phi) is 25.5. The number of hydrogen-bond acceptors (Lipinski definition) is 8. The minimum atomic E-state index is -5.06. The Morgan fingerprint density at radius 2 is 1.18 bits per heavy atom. The van der Waals surface area contributed by atoms with Crippen molar-refractivity contribution in [2.45, 2.75) is 74.1 Å². The molecule has 14 heteroatoms. The molecule has 1 heterocycles. The van der Waals surface area contributed by atoms with Crippen LogP contribution in [0.25, 0.3) is 0 Å². The average molecular weight is 674 g/mol. The van der Waals surface area contributed by atoms with Crippen LogP contribution in [0.2, 0.25) is 0 Å². The summed E-state index contributed by atoms with van der Waals surface area (Å²) in [6, 6.07) is 14.9. The minimum Gasteiger partial charge on any atom is -0.358 e. The molecule has 0 spiro atoms. The van der Waals surface area contributed by atoms with Gasteiger partial charge in [-0.05, 0) is 56.3 Å². The summed E-state index contributed by atoms with van der Waals surface area (Å²) in [5.74, 6) is -0.995. The average Bonchev–Trinajstić information content (AvgIpc) is 3.05. The van der Waals surface area contributed by atoms with Crippen LogP contribution in [-0.4, -0.2) is 45.7 Å². The molecule has 0 unspecified atom stereocenters. The van der Waals surface area contributed by atoms with E-state index in [1.807, 2.05) is 55.4 Å². The zero-order valence-corrected chi connectivity index (χ0v) is 29.4. The van der Waals surface area contributed by atoms with Crippen molar-refractivity contribution in [2.24, 2.45) is 0 Å². The number of pyridine rings is 1. The van der Waals surface area contributed by atoms with E-state index in [0.717, 1.165) is 12.1 Å².